The summed E-state index contributed by atoms with van der Waals surface area (Å²) in [6.07, 6.45) is -5.73. The second kappa shape index (κ2) is 23.8. The number of β-amino-alcohol motifs (C(OH)–C–C–N with tert-alkyl or cyclic N) is 1. The molecule has 3 aliphatic heterocycles. The Morgan fingerprint density at radius 1 is 0.855 bits per heavy atom. The van der Waals surface area contributed by atoms with Crippen molar-refractivity contribution in [1.82, 2.24) is 36.4 Å². The van der Waals surface area contributed by atoms with Crippen molar-refractivity contribution in [2.75, 3.05) is 26.2 Å². The van der Waals surface area contributed by atoms with E-state index in [2.05, 4.69) is 39.2 Å². The van der Waals surface area contributed by atoms with Crippen molar-refractivity contribution < 1.29 is 59.1 Å². The number of fused-ring (bicyclic) bond motifs is 2. The summed E-state index contributed by atoms with van der Waals surface area (Å²) >= 11 is 4.08. The van der Waals surface area contributed by atoms with E-state index in [9.17, 15) is 59.1 Å². The minimum atomic E-state index is -1.69. The summed E-state index contributed by atoms with van der Waals surface area (Å²) in [7, 11) is 0. The molecule has 21 heteroatoms. The normalized spacial score (nSPS) is 27.7. The molecule has 5 unspecified atom stereocenters. The van der Waals surface area contributed by atoms with E-state index in [4.69, 9.17) is 5.73 Å². The number of hydrogen-bond acceptors (Lipinski definition) is 14. The number of thiol groups is 1. The second-order valence-electron chi connectivity index (χ2n) is 15.5. The Balaban J connectivity index is 0.00000109. The molecule has 340 valence electrons. The minimum Gasteiger partial charge on any atom is -0.508 e. The molecule has 3 aliphatic rings. The SMILES string of the molecule is C[C@@H](O)C1NC(=O)[C@@H](NC=O)C[C@@H](O)CNC(=O)C2[C@@H](O)CCN2C(=O)C([C@H](O)CCN)NC(=O)C(CCc2ccc(O)cc2)NC(=O)C2CCCN2C1=O.Sc1ccccc1. The van der Waals surface area contributed by atoms with Crippen LogP contribution in [0.3, 0.4) is 0 Å². The van der Waals surface area contributed by atoms with Crippen LogP contribution in [0.15, 0.2) is 59.5 Å². The molecule has 0 spiro atoms. The van der Waals surface area contributed by atoms with Gasteiger partial charge < -0.3 is 67.7 Å². The highest BCUT2D eigenvalue weighted by Crippen LogP contribution is 2.23. The summed E-state index contributed by atoms with van der Waals surface area (Å²) in [6, 6.07) is 7.14. The van der Waals surface area contributed by atoms with Gasteiger partial charge in [-0.3, -0.25) is 33.6 Å². The standard InChI is InChI=1S/C35H52N8O12.C6H6S/c1-18(45)27-34(54)42-13-2-3-24(42)32(52)39-22(9-6-19-4-7-20(46)8-5-19)30(50)41-28(25(48)10-12-36)35(55)43-14-11-26(49)29(43)33(53)37-16-21(47)15-23(38-17-44)31(51)40-27;7-6-4-2-1-3-5-6/h4-5,7-8,17-18,21-29,45-49H,2-3,6,9-16,36H2,1H3,(H,37,53)(H,38,44)(H,39,52)(H,40,51)(H,41,50);1-5,7H/t18-,21-,22?,23+,24?,25-,26+,27?,28?,29?;/m1./s1. The number of nitrogens with zero attached hydrogens (tertiary/aromatic N) is 2. The predicted octanol–water partition coefficient (Wildman–Crippen LogP) is -3.21. The van der Waals surface area contributed by atoms with Gasteiger partial charge in [0.2, 0.25) is 41.9 Å². The van der Waals surface area contributed by atoms with Crippen LogP contribution in [0, 0.1) is 0 Å². The van der Waals surface area contributed by atoms with Gasteiger partial charge >= 0.3 is 0 Å². The molecule has 0 saturated carbocycles. The van der Waals surface area contributed by atoms with E-state index < -0.39 is 109 Å². The van der Waals surface area contributed by atoms with Crippen LogP contribution in [0.4, 0.5) is 0 Å². The topological polar surface area (TPSA) is 313 Å². The molecular formula is C41H58N8O12S. The number of phenolic OH excluding ortho intramolecular Hbond substituents is 1. The van der Waals surface area contributed by atoms with Crippen LogP contribution in [0.25, 0.3) is 0 Å². The molecule has 7 amide bonds. The van der Waals surface area contributed by atoms with E-state index in [0.29, 0.717) is 12.0 Å². The summed E-state index contributed by atoms with van der Waals surface area (Å²) in [6.45, 7) is 0.547. The molecule has 12 N–H and O–H groups in total. The van der Waals surface area contributed by atoms with Gasteiger partial charge in [-0.05, 0) is 81.8 Å². The highest BCUT2D eigenvalue weighted by atomic mass is 32.1. The van der Waals surface area contributed by atoms with Crippen LogP contribution in [0.5, 0.6) is 5.75 Å². The van der Waals surface area contributed by atoms with Gasteiger partial charge in [0.05, 0.1) is 24.4 Å². The van der Waals surface area contributed by atoms with Gasteiger partial charge in [-0.25, -0.2) is 0 Å². The maximum absolute atomic E-state index is 14.1. The lowest BCUT2D eigenvalue weighted by Crippen LogP contribution is -2.62. The van der Waals surface area contributed by atoms with Crippen molar-refractivity contribution in [2.24, 2.45) is 5.73 Å². The van der Waals surface area contributed by atoms with Gasteiger partial charge in [0.1, 0.15) is 42.0 Å². The number of carbonyl (C=O) groups is 7. The quantitative estimate of drug-likeness (QED) is 0.0874. The van der Waals surface area contributed by atoms with Gasteiger partial charge in [0, 0.05) is 31.0 Å². The van der Waals surface area contributed by atoms with E-state index >= 15 is 0 Å². The zero-order valence-electron chi connectivity index (χ0n) is 34.3. The van der Waals surface area contributed by atoms with Crippen LogP contribution in [0.1, 0.15) is 51.0 Å². The molecular weight excluding hydrogens is 829 g/mol. The molecule has 62 heavy (non-hydrogen) atoms. The van der Waals surface area contributed by atoms with E-state index in [-0.39, 0.29) is 63.9 Å². The van der Waals surface area contributed by atoms with Crippen LogP contribution in [-0.4, -0.2) is 164 Å². The molecule has 3 fully saturated rings. The Bertz CT molecular complexity index is 1840. The number of hydrogen-bond donors (Lipinski definition) is 12. The molecule has 3 heterocycles. The van der Waals surface area contributed by atoms with E-state index in [0.717, 1.165) is 14.7 Å². The number of aromatic hydroxyl groups is 1. The molecule has 0 bridgehead atoms. The number of aliphatic hydroxyl groups is 4. The summed E-state index contributed by atoms with van der Waals surface area (Å²) < 4.78 is 0. The van der Waals surface area contributed by atoms with Crippen molar-refractivity contribution >= 4 is 54.5 Å². The summed E-state index contributed by atoms with van der Waals surface area (Å²) in [4.78, 5) is 97.2. The first-order chi connectivity index (χ1) is 29.6. The smallest absolute Gasteiger partial charge is 0.248 e. The second-order valence-corrected chi connectivity index (χ2v) is 16.0. The molecule has 2 aromatic rings. The zero-order valence-corrected chi connectivity index (χ0v) is 35.2. The maximum Gasteiger partial charge on any atom is 0.248 e. The fourth-order valence-electron chi connectivity index (χ4n) is 7.51. The summed E-state index contributed by atoms with van der Waals surface area (Å²) in [5.74, 6) is -5.26. The van der Waals surface area contributed by atoms with Gasteiger partial charge in [-0.1, -0.05) is 30.3 Å². The Morgan fingerprint density at radius 3 is 2.13 bits per heavy atom. The number of carbonyl (C=O) groups excluding carboxylic acids is 7. The average Bonchev–Trinajstić information content (AvgIpc) is 3.90. The monoisotopic (exact) mass is 886 g/mol. The molecule has 20 nitrogen and oxygen atoms in total. The first-order valence-electron chi connectivity index (χ1n) is 20.5. The molecule has 0 radical (unpaired) electrons. The summed E-state index contributed by atoms with van der Waals surface area (Å²) in [5, 5.41) is 65.2. The lowest BCUT2D eigenvalue weighted by Gasteiger charge is -2.33. The van der Waals surface area contributed by atoms with Gasteiger partial charge in [-0.15, -0.1) is 12.6 Å². The zero-order chi connectivity index (χ0) is 45.5. The third-order valence-electron chi connectivity index (χ3n) is 10.9. The Labute approximate surface area is 364 Å². The molecule has 2 aromatic carbocycles. The van der Waals surface area contributed by atoms with Gasteiger partial charge in [0.25, 0.3) is 0 Å². The van der Waals surface area contributed by atoms with Crippen molar-refractivity contribution in [1.29, 1.82) is 0 Å². The molecule has 0 aliphatic carbocycles. The molecule has 0 aromatic heterocycles. The minimum absolute atomic E-state index is 0.00611. The van der Waals surface area contributed by atoms with Crippen molar-refractivity contribution in [2.45, 2.75) is 117 Å². The molecule has 10 atom stereocenters. The maximum atomic E-state index is 14.1. The van der Waals surface area contributed by atoms with E-state index in [1.807, 2.05) is 30.3 Å². The van der Waals surface area contributed by atoms with Gasteiger partial charge in [-0.2, -0.15) is 0 Å². The van der Waals surface area contributed by atoms with Crippen molar-refractivity contribution in [3.05, 3.63) is 60.2 Å². The lowest BCUT2D eigenvalue weighted by atomic mass is 10.0. The summed E-state index contributed by atoms with van der Waals surface area (Å²) in [5.41, 5.74) is 6.36. The van der Waals surface area contributed by atoms with Gasteiger partial charge in [0.15, 0.2) is 0 Å². The Kier molecular flexibility index (Phi) is 18.9. The highest BCUT2D eigenvalue weighted by Gasteiger charge is 2.46. The predicted molar refractivity (Wildman–Crippen MR) is 225 cm³/mol. The van der Waals surface area contributed by atoms with E-state index in [1.165, 1.54) is 19.1 Å². The number of aryl methyl sites for hydroxylation is 1. The van der Waals surface area contributed by atoms with Crippen LogP contribution in [-0.2, 0) is 40.0 Å². The third kappa shape index (κ3) is 13.6. The molecule has 3 saturated heterocycles. The first-order valence-corrected chi connectivity index (χ1v) is 20.9. The first kappa shape index (κ1) is 49.3. The Morgan fingerprint density at radius 2 is 1.52 bits per heavy atom. The number of amides is 7. The van der Waals surface area contributed by atoms with E-state index in [1.54, 1.807) is 12.1 Å². The Hall–Kier alpha value is -5.32. The number of aliphatic hydroxyl groups excluding tert-OH is 4. The van der Waals surface area contributed by atoms with Crippen LogP contribution < -0.4 is 32.3 Å². The fraction of sp³-hybridized carbons (Fsp3) is 0.537. The van der Waals surface area contributed by atoms with Crippen LogP contribution >= 0.6 is 12.6 Å². The number of rotatable bonds is 9. The fourth-order valence-corrected chi connectivity index (χ4v) is 7.68. The number of nitrogens with two attached hydrogens (primary N) is 1. The number of nitrogens with one attached hydrogen (secondary N) is 5. The van der Waals surface area contributed by atoms with Crippen LogP contribution in [0.2, 0.25) is 0 Å². The number of phenols is 1. The highest BCUT2D eigenvalue weighted by molar-refractivity contribution is 7.80. The third-order valence-corrected chi connectivity index (χ3v) is 11.2. The molecule has 5 rings (SSSR count). The number of benzene rings is 2. The average molecular weight is 887 g/mol. The van der Waals surface area contributed by atoms with Crippen molar-refractivity contribution in [3.63, 3.8) is 0 Å². The largest absolute Gasteiger partial charge is 0.508 e. The lowest BCUT2D eigenvalue weighted by molar-refractivity contribution is -0.146. The van der Waals surface area contributed by atoms with Crippen molar-refractivity contribution in [3.8, 4) is 5.75 Å².